The molecule has 1 heterocycles. The molecule has 0 spiro atoms. The number of allylic oxidation sites excluding steroid dienone is 1. The van der Waals surface area contributed by atoms with E-state index in [-0.39, 0.29) is 6.04 Å². The van der Waals surface area contributed by atoms with Gasteiger partial charge in [-0.2, -0.15) is 4.31 Å². The summed E-state index contributed by atoms with van der Waals surface area (Å²) in [6, 6.07) is 7.21. The Morgan fingerprint density at radius 1 is 1.16 bits per heavy atom. The molecule has 1 aliphatic carbocycles. The Kier molecular flexibility index (Phi) is 3.23. The Labute approximate surface area is 115 Å². The zero-order valence-electron chi connectivity index (χ0n) is 11.1. The number of nitrogens with zero attached hydrogens (tertiary/aromatic N) is 1. The zero-order valence-corrected chi connectivity index (χ0v) is 11.9. The van der Waals surface area contributed by atoms with Crippen LogP contribution in [0.4, 0.5) is 0 Å². The second-order valence-corrected chi connectivity index (χ2v) is 7.36. The Bertz CT molecular complexity index is 589. The molecule has 3 nitrogen and oxygen atoms in total. The average Bonchev–Trinajstić information content (AvgIpc) is 2.83. The van der Waals surface area contributed by atoms with E-state index in [0.29, 0.717) is 17.4 Å². The van der Waals surface area contributed by atoms with Gasteiger partial charge in [-0.05, 0) is 44.2 Å². The molecule has 4 heteroatoms. The predicted molar refractivity (Wildman–Crippen MR) is 75.3 cm³/mol. The molecule has 0 amide bonds. The van der Waals surface area contributed by atoms with E-state index in [2.05, 4.69) is 12.2 Å². The number of benzene rings is 1. The van der Waals surface area contributed by atoms with Crippen LogP contribution in [0.1, 0.15) is 24.8 Å². The quantitative estimate of drug-likeness (QED) is 0.779. The van der Waals surface area contributed by atoms with Crippen molar-refractivity contribution in [1.82, 2.24) is 4.31 Å². The summed E-state index contributed by atoms with van der Waals surface area (Å²) in [6.07, 6.45) is 7.37. The number of aryl methyl sites for hydroxylation is 1. The first-order valence-corrected chi connectivity index (χ1v) is 8.28. The van der Waals surface area contributed by atoms with Crippen LogP contribution >= 0.6 is 0 Å². The molecule has 0 saturated carbocycles. The van der Waals surface area contributed by atoms with Crippen LogP contribution in [-0.4, -0.2) is 25.3 Å². The van der Waals surface area contributed by atoms with E-state index in [1.54, 1.807) is 16.4 Å². The van der Waals surface area contributed by atoms with Crippen LogP contribution in [0.15, 0.2) is 41.3 Å². The van der Waals surface area contributed by atoms with Crippen LogP contribution in [0, 0.1) is 12.8 Å². The van der Waals surface area contributed by atoms with Crippen molar-refractivity contribution in [1.29, 1.82) is 0 Å². The highest BCUT2D eigenvalue weighted by molar-refractivity contribution is 7.89. The van der Waals surface area contributed by atoms with E-state index in [0.717, 1.165) is 24.8 Å². The van der Waals surface area contributed by atoms with Crippen molar-refractivity contribution in [2.24, 2.45) is 5.92 Å². The normalized spacial score (nSPS) is 27.4. The SMILES string of the molecule is Cc1ccc(S(=O)(=O)N2CC[C@@H]3CCC=C[C@@H]32)cc1. The zero-order chi connectivity index (χ0) is 13.5. The van der Waals surface area contributed by atoms with Crippen LogP contribution in [-0.2, 0) is 10.0 Å². The van der Waals surface area contributed by atoms with Crippen LogP contribution in [0.3, 0.4) is 0 Å². The van der Waals surface area contributed by atoms with Gasteiger partial charge in [0.25, 0.3) is 0 Å². The molecular formula is C15H19NO2S. The first kappa shape index (κ1) is 12.9. The highest BCUT2D eigenvalue weighted by Crippen LogP contribution is 2.36. The molecule has 0 bridgehead atoms. The Balaban J connectivity index is 1.94. The van der Waals surface area contributed by atoms with Crippen molar-refractivity contribution in [3.63, 3.8) is 0 Å². The molecule has 1 aromatic rings. The van der Waals surface area contributed by atoms with Gasteiger partial charge < -0.3 is 0 Å². The van der Waals surface area contributed by atoms with Crippen molar-refractivity contribution >= 4 is 10.0 Å². The summed E-state index contributed by atoms with van der Waals surface area (Å²) in [6.45, 7) is 2.61. The van der Waals surface area contributed by atoms with E-state index < -0.39 is 10.0 Å². The summed E-state index contributed by atoms with van der Waals surface area (Å²) >= 11 is 0. The van der Waals surface area contributed by atoms with Gasteiger partial charge in [-0.25, -0.2) is 8.42 Å². The molecule has 1 aromatic carbocycles. The fourth-order valence-electron chi connectivity index (χ4n) is 3.09. The minimum absolute atomic E-state index is 0.0695. The van der Waals surface area contributed by atoms with Crippen molar-refractivity contribution in [2.45, 2.75) is 37.1 Å². The van der Waals surface area contributed by atoms with Gasteiger partial charge in [0, 0.05) is 12.6 Å². The summed E-state index contributed by atoms with van der Waals surface area (Å²) < 4.78 is 27.1. The smallest absolute Gasteiger partial charge is 0.207 e. The second-order valence-electron chi connectivity index (χ2n) is 5.47. The predicted octanol–water partition coefficient (Wildman–Crippen LogP) is 2.72. The molecule has 102 valence electrons. The highest BCUT2D eigenvalue weighted by atomic mass is 32.2. The summed E-state index contributed by atoms with van der Waals surface area (Å²) in [5, 5.41) is 0. The van der Waals surface area contributed by atoms with Gasteiger partial charge >= 0.3 is 0 Å². The molecule has 0 aromatic heterocycles. The topological polar surface area (TPSA) is 37.4 Å². The summed E-state index contributed by atoms with van der Waals surface area (Å²) in [5.74, 6) is 0.505. The summed E-state index contributed by atoms with van der Waals surface area (Å²) in [4.78, 5) is 0.415. The number of hydrogen-bond acceptors (Lipinski definition) is 2. The van der Waals surface area contributed by atoms with Crippen molar-refractivity contribution in [3.05, 3.63) is 42.0 Å². The monoisotopic (exact) mass is 277 g/mol. The maximum atomic E-state index is 12.7. The van der Waals surface area contributed by atoms with Gasteiger partial charge in [-0.15, -0.1) is 0 Å². The third-order valence-electron chi connectivity index (χ3n) is 4.20. The second kappa shape index (κ2) is 4.76. The molecule has 19 heavy (non-hydrogen) atoms. The fraction of sp³-hybridized carbons (Fsp3) is 0.467. The van der Waals surface area contributed by atoms with E-state index in [4.69, 9.17) is 0 Å². The van der Waals surface area contributed by atoms with Gasteiger partial charge in [-0.3, -0.25) is 0 Å². The lowest BCUT2D eigenvalue weighted by atomic mass is 9.91. The first-order valence-electron chi connectivity index (χ1n) is 6.84. The van der Waals surface area contributed by atoms with Crippen LogP contribution < -0.4 is 0 Å². The van der Waals surface area contributed by atoms with Gasteiger partial charge in [0.05, 0.1) is 4.90 Å². The number of sulfonamides is 1. The molecule has 1 fully saturated rings. The maximum absolute atomic E-state index is 12.7. The van der Waals surface area contributed by atoms with Gasteiger partial charge in [-0.1, -0.05) is 29.8 Å². The van der Waals surface area contributed by atoms with E-state index in [9.17, 15) is 8.42 Å². The first-order chi connectivity index (χ1) is 9.09. The van der Waals surface area contributed by atoms with Gasteiger partial charge in [0.2, 0.25) is 10.0 Å². The largest absolute Gasteiger partial charge is 0.243 e. The number of fused-ring (bicyclic) bond motifs is 1. The lowest BCUT2D eigenvalue weighted by Gasteiger charge is -2.27. The molecular weight excluding hydrogens is 258 g/mol. The summed E-state index contributed by atoms with van der Waals surface area (Å²) in [7, 11) is -3.34. The number of hydrogen-bond donors (Lipinski definition) is 0. The molecule has 0 N–H and O–H groups in total. The molecule has 2 atom stereocenters. The third-order valence-corrected chi connectivity index (χ3v) is 6.11. The van der Waals surface area contributed by atoms with Gasteiger partial charge in [0.15, 0.2) is 0 Å². The van der Waals surface area contributed by atoms with Crippen molar-refractivity contribution < 1.29 is 8.42 Å². The minimum atomic E-state index is -3.34. The highest BCUT2D eigenvalue weighted by Gasteiger charge is 2.40. The van der Waals surface area contributed by atoms with E-state index >= 15 is 0 Å². The molecule has 1 aliphatic heterocycles. The molecule has 3 rings (SSSR count). The summed E-state index contributed by atoms with van der Waals surface area (Å²) in [5.41, 5.74) is 1.08. The lowest BCUT2D eigenvalue weighted by molar-refractivity contribution is 0.368. The van der Waals surface area contributed by atoms with Crippen LogP contribution in [0.25, 0.3) is 0 Å². The third kappa shape index (κ3) is 2.23. The molecule has 0 radical (unpaired) electrons. The van der Waals surface area contributed by atoms with Crippen LogP contribution in [0.5, 0.6) is 0 Å². The van der Waals surface area contributed by atoms with E-state index in [1.807, 2.05) is 19.1 Å². The number of rotatable bonds is 2. The molecule has 1 saturated heterocycles. The standard InChI is InChI=1S/C15H19NO2S/c1-12-6-8-14(9-7-12)19(17,18)16-11-10-13-4-2-3-5-15(13)16/h3,5-9,13,15H,2,4,10-11H2,1H3/t13-,15-/m0/s1. The van der Waals surface area contributed by atoms with Crippen LogP contribution in [0.2, 0.25) is 0 Å². The van der Waals surface area contributed by atoms with Crippen molar-refractivity contribution in [3.8, 4) is 0 Å². The Morgan fingerprint density at radius 3 is 2.63 bits per heavy atom. The Hall–Kier alpha value is -1.13. The molecule has 0 unspecified atom stereocenters. The molecule has 2 aliphatic rings. The van der Waals surface area contributed by atoms with Gasteiger partial charge in [0.1, 0.15) is 0 Å². The average molecular weight is 277 g/mol. The van der Waals surface area contributed by atoms with Crippen molar-refractivity contribution in [2.75, 3.05) is 6.54 Å². The lowest BCUT2D eigenvalue weighted by Crippen LogP contribution is -2.37. The Morgan fingerprint density at radius 2 is 1.89 bits per heavy atom. The van der Waals surface area contributed by atoms with E-state index in [1.165, 1.54) is 0 Å². The minimum Gasteiger partial charge on any atom is -0.207 e. The maximum Gasteiger partial charge on any atom is 0.243 e. The fourth-order valence-corrected chi connectivity index (χ4v) is 4.75.